The zero-order valence-electron chi connectivity index (χ0n) is 12.3. The Morgan fingerprint density at radius 1 is 1.14 bits per heavy atom. The summed E-state index contributed by atoms with van der Waals surface area (Å²) in [5, 5.41) is 11.2. The van der Waals surface area contributed by atoms with Gasteiger partial charge in [0, 0.05) is 31.2 Å². The van der Waals surface area contributed by atoms with Gasteiger partial charge in [0.2, 0.25) is 0 Å². The van der Waals surface area contributed by atoms with Crippen LogP contribution in [-0.4, -0.2) is 34.2 Å². The second kappa shape index (κ2) is 7.33. The first-order valence-electron chi connectivity index (χ1n) is 7.05. The molecule has 2 heterocycles. The van der Waals surface area contributed by atoms with Crippen LogP contribution < -0.4 is 10.2 Å². The Morgan fingerprint density at radius 3 is 2.48 bits per heavy atom. The molecule has 0 aromatic carbocycles. The number of nitrogens with one attached hydrogen (secondary N) is 1. The monoisotopic (exact) mass is 285 g/mol. The Balaban J connectivity index is 2.14. The molecule has 0 aliphatic carbocycles. The largest absolute Gasteiger partial charge is 0.369 e. The fourth-order valence-electron chi connectivity index (χ4n) is 1.90. The molecule has 1 N–H and O–H groups in total. The predicted octanol–water partition coefficient (Wildman–Crippen LogP) is 2.36. The van der Waals surface area contributed by atoms with Gasteiger partial charge < -0.3 is 10.2 Å². The molecule has 0 radical (unpaired) electrons. The highest BCUT2D eigenvalue weighted by Crippen LogP contribution is 2.15. The Bertz CT molecular complexity index is 570. The van der Waals surface area contributed by atoms with Crippen molar-refractivity contribution in [1.82, 2.24) is 15.2 Å². The van der Waals surface area contributed by atoms with Crippen LogP contribution in [0.2, 0.25) is 0 Å². The van der Waals surface area contributed by atoms with E-state index < -0.39 is 0 Å². The molecule has 2 aromatic rings. The van der Waals surface area contributed by atoms with E-state index in [0.717, 1.165) is 18.7 Å². The van der Waals surface area contributed by atoms with Crippen molar-refractivity contribution >= 4 is 17.4 Å². The molecular formula is C15H19N5O. The molecule has 0 saturated carbocycles. The molecule has 6 heteroatoms. The van der Waals surface area contributed by atoms with E-state index in [2.05, 4.69) is 27.4 Å². The highest BCUT2D eigenvalue weighted by molar-refractivity contribution is 6.04. The SMILES string of the molecule is CCCNc1ccc(C(=O)N(CC)c2ccncc2)nn1. The van der Waals surface area contributed by atoms with Crippen molar-refractivity contribution in [1.29, 1.82) is 0 Å². The van der Waals surface area contributed by atoms with Gasteiger partial charge in [-0.15, -0.1) is 10.2 Å². The molecule has 0 fully saturated rings. The topological polar surface area (TPSA) is 71.0 Å². The second-order valence-corrected chi connectivity index (χ2v) is 4.49. The summed E-state index contributed by atoms with van der Waals surface area (Å²) in [7, 11) is 0. The van der Waals surface area contributed by atoms with Crippen LogP contribution in [0.4, 0.5) is 11.5 Å². The molecule has 0 saturated heterocycles. The van der Waals surface area contributed by atoms with Crippen LogP contribution in [0, 0.1) is 0 Å². The predicted molar refractivity (Wildman–Crippen MR) is 82.4 cm³/mol. The van der Waals surface area contributed by atoms with Crippen LogP contribution in [0.15, 0.2) is 36.7 Å². The van der Waals surface area contributed by atoms with Gasteiger partial charge in [-0.05, 0) is 37.6 Å². The number of hydrogen-bond donors (Lipinski definition) is 1. The van der Waals surface area contributed by atoms with E-state index in [1.54, 1.807) is 41.6 Å². The number of carbonyl (C=O) groups excluding carboxylic acids is 1. The summed E-state index contributed by atoms with van der Waals surface area (Å²) in [5.74, 6) is 0.513. The van der Waals surface area contributed by atoms with Crippen molar-refractivity contribution in [3.63, 3.8) is 0 Å². The molecule has 0 bridgehead atoms. The van der Waals surface area contributed by atoms with E-state index in [9.17, 15) is 4.79 Å². The third kappa shape index (κ3) is 3.75. The lowest BCUT2D eigenvalue weighted by Gasteiger charge is -2.20. The number of nitrogens with zero attached hydrogens (tertiary/aromatic N) is 4. The van der Waals surface area contributed by atoms with Gasteiger partial charge in [-0.3, -0.25) is 9.78 Å². The normalized spacial score (nSPS) is 10.2. The molecule has 21 heavy (non-hydrogen) atoms. The number of anilines is 2. The minimum absolute atomic E-state index is 0.168. The van der Waals surface area contributed by atoms with Gasteiger partial charge in [0.05, 0.1) is 0 Å². The molecule has 0 spiro atoms. The van der Waals surface area contributed by atoms with E-state index in [1.807, 2.05) is 6.92 Å². The number of amides is 1. The third-order valence-corrected chi connectivity index (χ3v) is 2.98. The van der Waals surface area contributed by atoms with E-state index in [1.165, 1.54) is 0 Å². The number of pyridine rings is 1. The molecule has 2 rings (SSSR count). The number of hydrogen-bond acceptors (Lipinski definition) is 5. The summed E-state index contributed by atoms with van der Waals surface area (Å²) in [6.07, 6.45) is 4.33. The van der Waals surface area contributed by atoms with Gasteiger partial charge in [0.25, 0.3) is 5.91 Å². The van der Waals surface area contributed by atoms with Gasteiger partial charge in [0.1, 0.15) is 5.82 Å². The maximum absolute atomic E-state index is 12.5. The van der Waals surface area contributed by atoms with E-state index in [-0.39, 0.29) is 5.91 Å². The maximum atomic E-state index is 12.5. The highest BCUT2D eigenvalue weighted by Gasteiger charge is 2.17. The van der Waals surface area contributed by atoms with E-state index in [4.69, 9.17) is 0 Å². The van der Waals surface area contributed by atoms with Crippen molar-refractivity contribution in [2.24, 2.45) is 0 Å². The van der Waals surface area contributed by atoms with Crippen LogP contribution >= 0.6 is 0 Å². The smallest absolute Gasteiger partial charge is 0.278 e. The van der Waals surface area contributed by atoms with Gasteiger partial charge >= 0.3 is 0 Å². The average Bonchev–Trinajstić information content (AvgIpc) is 2.55. The molecular weight excluding hydrogens is 266 g/mol. The van der Waals surface area contributed by atoms with E-state index in [0.29, 0.717) is 18.1 Å². The highest BCUT2D eigenvalue weighted by atomic mass is 16.2. The molecule has 0 aliphatic heterocycles. The van der Waals surface area contributed by atoms with Gasteiger partial charge in [-0.2, -0.15) is 0 Å². The Hall–Kier alpha value is -2.50. The van der Waals surface area contributed by atoms with Crippen molar-refractivity contribution in [3.8, 4) is 0 Å². The Morgan fingerprint density at radius 2 is 1.90 bits per heavy atom. The molecule has 0 aliphatic rings. The standard InChI is InChI=1S/C15H19N5O/c1-3-9-17-14-6-5-13(18-19-14)15(21)20(4-2)12-7-10-16-11-8-12/h5-8,10-11H,3-4,9H2,1-2H3,(H,17,19). The molecule has 0 unspecified atom stereocenters. The summed E-state index contributed by atoms with van der Waals surface area (Å²) in [5.41, 5.74) is 1.13. The minimum atomic E-state index is -0.168. The lowest BCUT2D eigenvalue weighted by atomic mass is 10.3. The average molecular weight is 285 g/mol. The molecule has 6 nitrogen and oxygen atoms in total. The lowest BCUT2D eigenvalue weighted by Crippen LogP contribution is -2.31. The van der Waals surface area contributed by atoms with Crippen molar-refractivity contribution in [2.75, 3.05) is 23.3 Å². The van der Waals surface area contributed by atoms with E-state index >= 15 is 0 Å². The van der Waals surface area contributed by atoms with Gasteiger partial charge in [-0.1, -0.05) is 6.92 Å². The first-order valence-corrected chi connectivity index (χ1v) is 7.05. The summed E-state index contributed by atoms with van der Waals surface area (Å²) in [4.78, 5) is 18.1. The van der Waals surface area contributed by atoms with Crippen LogP contribution in [0.5, 0.6) is 0 Å². The number of carbonyl (C=O) groups is 1. The Labute approximate surface area is 124 Å². The van der Waals surface area contributed by atoms with Crippen LogP contribution in [0.25, 0.3) is 0 Å². The van der Waals surface area contributed by atoms with Crippen LogP contribution in [0.1, 0.15) is 30.8 Å². The number of rotatable bonds is 6. The first-order chi connectivity index (χ1) is 10.3. The minimum Gasteiger partial charge on any atom is -0.369 e. The molecule has 0 atom stereocenters. The molecule has 1 amide bonds. The summed E-state index contributed by atoms with van der Waals surface area (Å²) in [6, 6.07) is 7.06. The van der Waals surface area contributed by atoms with Crippen molar-refractivity contribution < 1.29 is 4.79 Å². The van der Waals surface area contributed by atoms with Crippen LogP contribution in [-0.2, 0) is 0 Å². The molecule has 110 valence electrons. The van der Waals surface area contributed by atoms with Gasteiger partial charge in [0.15, 0.2) is 5.69 Å². The fraction of sp³-hybridized carbons (Fsp3) is 0.333. The van der Waals surface area contributed by atoms with Gasteiger partial charge in [-0.25, -0.2) is 0 Å². The number of aromatic nitrogens is 3. The lowest BCUT2D eigenvalue weighted by molar-refractivity contribution is 0.0982. The second-order valence-electron chi connectivity index (χ2n) is 4.49. The summed E-state index contributed by atoms with van der Waals surface area (Å²) in [6.45, 7) is 5.38. The summed E-state index contributed by atoms with van der Waals surface area (Å²) >= 11 is 0. The zero-order chi connectivity index (χ0) is 15.1. The van der Waals surface area contributed by atoms with Crippen molar-refractivity contribution in [3.05, 3.63) is 42.4 Å². The fourth-order valence-corrected chi connectivity index (χ4v) is 1.90. The summed E-state index contributed by atoms with van der Waals surface area (Å²) < 4.78 is 0. The quantitative estimate of drug-likeness (QED) is 0.882. The van der Waals surface area contributed by atoms with Crippen molar-refractivity contribution in [2.45, 2.75) is 20.3 Å². The Kier molecular flexibility index (Phi) is 5.20. The van der Waals surface area contributed by atoms with Crippen LogP contribution in [0.3, 0.4) is 0 Å². The maximum Gasteiger partial charge on any atom is 0.278 e. The third-order valence-electron chi connectivity index (χ3n) is 2.98. The zero-order valence-corrected chi connectivity index (χ0v) is 12.3. The first kappa shape index (κ1) is 14.9. The molecule has 2 aromatic heterocycles.